The number of hydrogen-bond donors (Lipinski definition) is 2. The first kappa shape index (κ1) is 22.4. The van der Waals surface area contributed by atoms with Crippen LogP contribution in [0, 0.1) is 0 Å². The summed E-state index contributed by atoms with van der Waals surface area (Å²) in [5.74, 6) is -0.724. The van der Waals surface area contributed by atoms with Crippen molar-refractivity contribution in [1.82, 2.24) is 0 Å². The van der Waals surface area contributed by atoms with Gasteiger partial charge in [-0.2, -0.15) is 0 Å². The first-order valence-electron chi connectivity index (χ1n) is 9.82. The van der Waals surface area contributed by atoms with Gasteiger partial charge < -0.3 is 14.9 Å². The Hall–Kier alpha value is -1.65. The van der Waals surface area contributed by atoms with Crippen molar-refractivity contribution in [2.75, 3.05) is 0 Å². The van der Waals surface area contributed by atoms with Crippen molar-refractivity contribution in [3.05, 3.63) is 48.6 Å². The maximum absolute atomic E-state index is 10.4. The standard InChI is InChI=1S/C22H34O4/c1-2-20-21(26-20)17-13-9-5-3-7-11-15-19(23)16-12-8-4-6-10-14-18-22(24)25/h3,7-9,11-13,15,19-21,23H,2,4-6,10,14,16-18H2,1H3,(H,24,25)/b7-3-,12-8-,13-9-,15-11-. The number of unbranched alkanes of at least 4 members (excludes halogenated alkanes) is 3. The fourth-order valence-electron chi connectivity index (χ4n) is 2.65. The summed E-state index contributed by atoms with van der Waals surface area (Å²) >= 11 is 0. The van der Waals surface area contributed by atoms with E-state index in [1.807, 2.05) is 18.2 Å². The molecule has 2 N–H and O–H groups in total. The van der Waals surface area contributed by atoms with E-state index in [2.05, 4.69) is 31.2 Å². The molecule has 0 aliphatic carbocycles. The summed E-state index contributed by atoms with van der Waals surface area (Å²) < 4.78 is 5.48. The Morgan fingerprint density at radius 2 is 1.88 bits per heavy atom. The van der Waals surface area contributed by atoms with Crippen molar-refractivity contribution in [2.45, 2.75) is 83.0 Å². The number of carboxylic acids is 1. The zero-order chi connectivity index (χ0) is 19.0. The summed E-state index contributed by atoms with van der Waals surface area (Å²) in [5.41, 5.74) is 0. The number of ether oxygens (including phenoxy) is 1. The minimum absolute atomic E-state index is 0.255. The summed E-state index contributed by atoms with van der Waals surface area (Å²) in [6.07, 6.45) is 24.0. The zero-order valence-electron chi connectivity index (χ0n) is 15.9. The molecule has 0 bridgehead atoms. The fraction of sp³-hybridized carbons (Fsp3) is 0.591. The number of hydrogen-bond acceptors (Lipinski definition) is 3. The number of rotatable bonds is 15. The van der Waals surface area contributed by atoms with E-state index < -0.39 is 12.1 Å². The summed E-state index contributed by atoms with van der Waals surface area (Å²) in [6.45, 7) is 2.15. The van der Waals surface area contributed by atoms with E-state index in [9.17, 15) is 9.90 Å². The lowest BCUT2D eigenvalue weighted by molar-refractivity contribution is -0.137. The Bertz CT molecular complexity index is 490. The summed E-state index contributed by atoms with van der Waals surface area (Å²) in [7, 11) is 0. The Morgan fingerprint density at radius 1 is 1.04 bits per heavy atom. The van der Waals surface area contributed by atoms with Crippen LogP contribution < -0.4 is 0 Å². The lowest BCUT2D eigenvalue weighted by Gasteiger charge is -1.99. The van der Waals surface area contributed by atoms with Crippen LogP contribution >= 0.6 is 0 Å². The minimum atomic E-state index is -0.724. The smallest absolute Gasteiger partial charge is 0.303 e. The number of aliphatic hydroxyl groups excluding tert-OH is 1. The van der Waals surface area contributed by atoms with E-state index in [1.54, 1.807) is 6.08 Å². The first-order chi connectivity index (χ1) is 12.6. The SMILES string of the molecule is CCC1OC1C/C=C\C/C=C\C=C/C(O)C/C=C\CCCCCC(=O)O. The zero-order valence-corrected chi connectivity index (χ0v) is 15.9. The molecular formula is C22H34O4. The molecule has 146 valence electrons. The fourth-order valence-corrected chi connectivity index (χ4v) is 2.65. The van der Waals surface area contributed by atoms with Crippen LogP contribution in [0.4, 0.5) is 0 Å². The molecule has 1 rings (SSSR count). The van der Waals surface area contributed by atoms with E-state index >= 15 is 0 Å². The molecule has 1 saturated heterocycles. The highest BCUT2D eigenvalue weighted by Gasteiger charge is 2.35. The van der Waals surface area contributed by atoms with Crippen LogP contribution in [0.25, 0.3) is 0 Å². The summed E-state index contributed by atoms with van der Waals surface area (Å²) in [5, 5.41) is 18.4. The van der Waals surface area contributed by atoms with Gasteiger partial charge in [-0.1, -0.05) is 62.0 Å². The highest BCUT2D eigenvalue weighted by molar-refractivity contribution is 5.66. The highest BCUT2D eigenvalue weighted by atomic mass is 16.6. The second kappa shape index (κ2) is 14.5. The van der Waals surface area contributed by atoms with Crippen LogP contribution in [-0.4, -0.2) is 34.5 Å². The van der Waals surface area contributed by atoms with Crippen molar-refractivity contribution >= 4 is 5.97 Å². The van der Waals surface area contributed by atoms with E-state index in [-0.39, 0.29) is 6.42 Å². The Balaban J connectivity index is 1.97. The van der Waals surface area contributed by atoms with Crippen LogP contribution in [0.3, 0.4) is 0 Å². The number of aliphatic hydroxyl groups is 1. The second-order valence-electron chi connectivity index (χ2n) is 6.64. The molecule has 4 heteroatoms. The molecule has 26 heavy (non-hydrogen) atoms. The topological polar surface area (TPSA) is 70.1 Å². The van der Waals surface area contributed by atoms with Gasteiger partial charge in [-0.25, -0.2) is 0 Å². The first-order valence-corrected chi connectivity index (χ1v) is 9.82. The average molecular weight is 363 g/mol. The van der Waals surface area contributed by atoms with Gasteiger partial charge in [-0.3, -0.25) is 4.79 Å². The molecule has 0 amide bonds. The highest BCUT2D eigenvalue weighted by Crippen LogP contribution is 2.28. The van der Waals surface area contributed by atoms with Gasteiger partial charge in [0.2, 0.25) is 0 Å². The maximum atomic E-state index is 10.4. The average Bonchev–Trinajstić information content (AvgIpc) is 3.38. The molecule has 1 aliphatic heterocycles. The molecular weight excluding hydrogens is 328 g/mol. The van der Waals surface area contributed by atoms with Gasteiger partial charge in [-0.05, 0) is 44.9 Å². The number of carboxylic acid groups (broad SMARTS) is 1. The van der Waals surface area contributed by atoms with E-state index in [0.29, 0.717) is 18.6 Å². The number of aliphatic carboxylic acids is 1. The summed E-state index contributed by atoms with van der Waals surface area (Å²) in [6, 6.07) is 0. The van der Waals surface area contributed by atoms with Crippen molar-refractivity contribution in [1.29, 1.82) is 0 Å². The third kappa shape index (κ3) is 12.7. The molecule has 0 spiro atoms. The van der Waals surface area contributed by atoms with E-state index in [0.717, 1.165) is 44.9 Å². The van der Waals surface area contributed by atoms with Crippen molar-refractivity contribution in [2.24, 2.45) is 0 Å². The number of carbonyl (C=O) groups is 1. The lowest BCUT2D eigenvalue weighted by atomic mass is 10.1. The Labute approximate surface area is 158 Å². The number of epoxide rings is 1. The molecule has 1 fully saturated rings. The van der Waals surface area contributed by atoms with Crippen LogP contribution in [0.5, 0.6) is 0 Å². The Kier molecular flexibility index (Phi) is 12.5. The normalized spacial score (nSPS) is 21.5. The summed E-state index contributed by atoms with van der Waals surface area (Å²) in [4.78, 5) is 10.4. The molecule has 0 aromatic rings. The third-order valence-electron chi connectivity index (χ3n) is 4.28. The van der Waals surface area contributed by atoms with Crippen LogP contribution in [-0.2, 0) is 9.53 Å². The van der Waals surface area contributed by atoms with Gasteiger partial charge >= 0.3 is 5.97 Å². The molecule has 0 saturated carbocycles. The van der Waals surface area contributed by atoms with Crippen molar-refractivity contribution in [3.8, 4) is 0 Å². The predicted molar refractivity (Wildman–Crippen MR) is 106 cm³/mol. The number of allylic oxidation sites excluding steroid dienone is 5. The lowest BCUT2D eigenvalue weighted by Crippen LogP contribution is -1.98. The van der Waals surface area contributed by atoms with Crippen molar-refractivity contribution < 1.29 is 19.7 Å². The largest absolute Gasteiger partial charge is 0.481 e. The molecule has 4 nitrogen and oxygen atoms in total. The van der Waals surface area contributed by atoms with Crippen LogP contribution in [0.15, 0.2) is 48.6 Å². The van der Waals surface area contributed by atoms with E-state index in [4.69, 9.17) is 9.84 Å². The quantitative estimate of drug-likeness (QED) is 0.187. The van der Waals surface area contributed by atoms with Crippen LogP contribution in [0.2, 0.25) is 0 Å². The minimum Gasteiger partial charge on any atom is -0.481 e. The van der Waals surface area contributed by atoms with Gasteiger partial charge in [0.15, 0.2) is 0 Å². The monoisotopic (exact) mass is 362 g/mol. The second-order valence-corrected chi connectivity index (χ2v) is 6.64. The van der Waals surface area contributed by atoms with Crippen LogP contribution in [0.1, 0.15) is 64.7 Å². The molecule has 0 aromatic carbocycles. The van der Waals surface area contributed by atoms with Gasteiger partial charge in [0.1, 0.15) is 0 Å². The maximum Gasteiger partial charge on any atom is 0.303 e. The van der Waals surface area contributed by atoms with Gasteiger partial charge in [-0.15, -0.1) is 0 Å². The predicted octanol–water partition coefficient (Wildman–Crippen LogP) is 4.95. The van der Waals surface area contributed by atoms with E-state index in [1.165, 1.54) is 0 Å². The molecule has 0 aromatic heterocycles. The molecule has 1 aliphatic rings. The van der Waals surface area contributed by atoms with Gasteiger partial charge in [0, 0.05) is 6.42 Å². The van der Waals surface area contributed by atoms with Gasteiger partial charge in [0.25, 0.3) is 0 Å². The molecule has 0 radical (unpaired) electrons. The molecule has 3 unspecified atom stereocenters. The Morgan fingerprint density at radius 3 is 2.62 bits per heavy atom. The van der Waals surface area contributed by atoms with Crippen molar-refractivity contribution in [3.63, 3.8) is 0 Å². The molecule has 3 atom stereocenters. The third-order valence-corrected chi connectivity index (χ3v) is 4.28. The molecule has 1 heterocycles. The van der Waals surface area contributed by atoms with Gasteiger partial charge in [0.05, 0.1) is 18.3 Å².